The first-order valence-corrected chi connectivity index (χ1v) is 12.6. The van der Waals surface area contributed by atoms with Crippen LogP contribution in [-0.2, 0) is 4.79 Å². The topological polar surface area (TPSA) is 57.5 Å². The Kier molecular flexibility index (Phi) is 9.06. The molecule has 7 atom stereocenters. The SMILES string of the molecule is CC.CC12CCCCC1CCC1C2CCC2(C)C(CCCC(=O)O)CCC12.CO. The summed E-state index contributed by atoms with van der Waals surface area (Å²) in [7, 11) is 1.00. The van der Waals surface area contributed by atoms with Crippen molar-refractivity contribution in [1.82, 2.24) is 0 Å². The predicted molar refractivity (Wildman–Crippen MR) is 121 cm³/mol. The smallest absolute Gasteiger partial charge is 0.303 e. The van der Waals surface area contributed by atoms with E-state index < -0.39 is 5.97 Å². The fourth-order valence-corrected chi connectivity index (χ4v) is 8.38. The number of aliphatic hydroxyl groups excluding tert-OH is 1. The number of fused-ring (bicyclic) bond motifs is 5. The molecule has 0 saturated heterocycles. The van der Waals surface area contributed by atoms with Gasteiger partial charge >= 0.3 is 5.97 Å². The molecule has 4 fully saturated rings. The Morgan fingerprint density at radius 3 is 2.24 bits per heavy atom. The van der Waals surface area contributed by atoms with E-state index in [2.05, 4.69) is 13.8 Å². The quantitative estimate of drug-likeness (QED) is 0.530. The van der Waals surface area contributed by atoms with Crippen LogP contribution >= 0.6 is 0 Å². The lowest BCUT2D eigenvalue weighted by Gasteiger charge is -2.60. The van der Waals surface area contributed by atoms with Gasteiger partial charge in [-0.25, -0.2) is 0 Å². The van der Waals surface area contributed by atoms with Crippen LogP contribution in [0.15, 0.2) is 0 Å². The maximum absolute atomic E-state index is 10.9. The fourth-order valence-electron chi connectivity index (χ4n) is 8.38. The number of aliphatic carboxylic acids is 1. The number of aliphatic hydroxyl groups is 1. The van der Waals surface area contributed by atoms with Gasteiger partial charge in [0.05, 0.1) is 0 Å². The summed E-state index contributed by atoms with van der Waals surface area (Å²) in [5, 5.41) is 16.0. The number of carboxylic acids is 1. The Labute approximate surface area is 180 Å². The monoisotopic (exact) mass is 408 g/mol. The van der Waals surface area contributed by atoms with Crippen molar-refractivity contribution in [3.63, 3.8) is 0 Å². The maximum atomic E-state index is 10.9. The van der Waals surface area contributed by atoms with Gasteiger partial charge in [0, 0.05) is 13.5 Å². The fraction of sp³-hybridized carbons (Fsp3) is 0.962. The summed E-state index contributed by atoms with van der Waals surface area (Å²) in [5.74, 6) is 4.08. The van der Waals surface area contributed by atoms with Crippen molar-refractivity contribution < 1.29 is 15.0 Å². The Hall–Kier alpha value is -0.570. The van der Waals surface area contributed by atoms with Crippen molar-refractivity contribution >= 4 is 5.97 Å². The minimum Gasteiger partial charge on any atom is -0.481 e. The van der Waals surface area contributed by atoms with E-state index in [1.807, 2.05) is 13.8 Å². The molecule has 7 unspecified atom stereocenters. The normalized spacial score (nSPS) is 42.8. The highest BCUT2D eigenvalue weighted by atomic mass is 16.4. The van der Waals surface area contributed by atoms with Crippen LogP contribution in [0.2, 0.25) is 0 Å². The standard InChI is InChI=1S/C23H38O2.C2H6.CH4O/c1-22-14-4-3-6-16(22)9-11-18-19-12-10-17(7-5-8-21(24)25)23(19,2)15-13-20(18)22;2*1-2/h16-20H,3-15H2,1-2H3,(H,24,25);1-2H3;2H,1H3. The molecular formula is C26H48O3. The maximum Gasteiger partial charge on any atom is 0.303 e. The minimum atomic E-state index is -0.619. The summed E-state index contributed by atoms with van der Waals surface area (Å²) in [5.41, 5.74) is 1.15. The summed E-state index contributed by atoms with van der Waals surface area (Å²) < 4.78 is 0. The second kappa shape index (κ2) is 10.6. The van der Waals surface area contributed by atoms with Crippen molar-refractivity contribution in [2.75, 3.05) is 7.11 Å². The molecule has 0 bridgehead atoms. The number of hydrogen-bond acceptors (Lipinski definition) is 2. The molecule has 0 aromatic carbocycles. The van der Waals surface area contributed by atoms with Crippen LogP contribution in [0.4, 0.5) is 0 Å². The Balaban J connectivity index is 0.000000707. The molecule has 0 aliphatic heterocycles. The zero-order chi connectivity index (χ0) is 21.7. The molecule has 0 amide bonds. The summed E-state index contributed by atoms with van der Waals surface area (Å²) in [6.07, 6.45) is 17.0. The third-order valence-electron chi connectivity index (χ3n) is 9.72. The molecule has 4 aliphatic carbocycles. The van der Waals surface area contributed by atoms with E-state index in [1.165, 1.54) is 64.2 Å². The predicted octanol–water partition coefficient (Wildman–Crippen LogP) is 6.93. The van der Waals surface area contributed by atoms with Crippen LogP contribution < -0.4 is 0 Å². The van der Waals surface area contributed by atoms with E-state index >= 15 is 0 Å². The Bertz CT molecular complexity index is 518. The largest absolute Gasteiger partial charge is 0.481 e. The summed E-state index contributed by atoms with van der Waals surface area (Å²) in [6, 6.07) is 0. The van der Waals surface area contributed by atoms with Crippen molar-refractivity contribution in [3.8, 4) is 0 Å². The molecule has 3 nitrogen and oxygen atoms in total. The van der Waals surface area contributed by atoms with Gasteiger partial charge in [-0.2, -0.15) is 0 Å². The average Bonchev–Trinajstić information content (AvgIpc) is 3.07. The summed E-state index contributed by atoms with van der Waals surface area (Å²) >= 11 is 0. The van der Waals surface area contributed by atoms with Crippen LogP contribution in [0.25, 0.3) is 0 Å². The van der Waals surface area contributed by atoms with E-state index in [0.29, 0.717) is 17.3 Å². The third kappa shape index (κ3) is 4.70. The van der Waals surface area contributed by atoms with E-state index in [4.69, 9.17) is 10.2 Å². The molecule has 4 rings (SSSR count). The van der Waals surface area contributed by atoms with E-state index in [0.717, 1.165) is 49.5 Å². The molecule has 2 N–H and O–H groups in total. The molecule has 4 saturated carbocycles. The highest BCUT2D eigenvalue weighted by Gasteiger charge is 2.59. The van der Waals surface area contributed by atoms with Crippen LogP contribution in [0.5, 0.6) is 0 Å². The number of hydrogen-bond donors (Lipinski definition) is 2. The zero-order valence-corrected chi connectivity index (χ0v) is 19.9. The van der Waals surface area contributed by atoms with Gasteiger partial charge in [-0.3, -0.25) is 4.79 Å². The lowest BCUT2D eigenvalue weighted by Crippen LogP contribution is -2.52. The Morgan fingerprint density at radius 1 is 0.862 bits per heavy atom. The molecule has 0 heterocycles. The third-order valence-corrected chi connectivity index (χ3v) is 9.72. The van der Waals surface area contributed by atoms with Gasteiger partial charge in [0.25, 0.3) is 0 Å². The van der Waals surface area contributed by atoms with Crippen LogP contribution in [-0.4, -0.2) is 23.3 Å². The van der Waals surface area contributed by atoms with Crippen molar-refractivity contribution in [2.45, 2.75) is 111 Å². The van der Waals surface area contributed by atoms with Gasteiger partial charge in [-0.05, 0) is 105 Å². The van der Waals surface area contributed by atoms with Gasteiger partial charge in [-0.1, -0.05) is 40.5 Å². The number of carboxylic acid groups (broad SMARTS) is 1. The molecular weight excluding hydrogens is 360 g/mol. The molecule has 4 aliphatic rings. The molecule has 29 heavy (non-hydrogen) atoms. The molecule has 0 spiro atoms. The van der Waals surface area contributed by atoms with Crippen molar-refractivity contribution in [1.29, 1.82) is 0 Å². The molecule has 170 valence electrons. The highest BCUT2D eigenvalue weighted by Crippen LogP contribution is 2.67. The van der Waals surface area contributed by atoms with Crippen LogP contribution in [0, 0.1) is 40.4 Å². The van der Waals surface area contributed by atoms with Gasteiger partial charge < -0.3 is 10.2 Å². The van der Waals surface area contributed by atoms with Gasteiger partial charge in [0.15, 0.2) is 0 Å². The highest BCUT2D eigenvalue weighted by molar-refractivity contribution is 5.66. The average molecular weight is 409 g/mol. The van der Waals surface area contributed by atoms with Crippen molar-refractivity contribution in [3.05, 3.63) is 0 Å². The van der Waals surface area contributed by atoms with Crippen molar-refractivity contribution in [2.24, 2.45) is 40.4 Å². The number of rotatable bonds is 4. The number of carbonyl (C=O) groups is 1. The van der Waals surface area contributed by atoms with Crippen LogP contribution in [0.1, 0.15) is 111 Å². The first kappa shape index (κ1) is 24.7. The molecule has 0 radical (unpaired) electrons. The van der Waals surface area contributed by atoms with Gasteiger partial charge in [0.2, 0.25) is 0 Å². The molecule has 0 aromatic heterocycles. The first-order valence-electron chi connectivity index (χ1n) is 12.6. The lowest BCUT2D eigenvalue weighted by atomic mass is 9.45. The minimum absolute atomic E-state index is 0.364. The molecule has 0 aromatic rings. The zero-order valence-electron chi connectivity index (χ0n) is 19.9. The van der Waals surface area contributed by atoms with E-state index in [-0.39, 0.29) is 0 Å². The van der Waals surface area contributed by atoms with E-state index in [1.54, 1.807) is 0 Å². The van der Waals surface area contributed by atoms with E-state index in [9.17, 15) is 4.79 Å². The second-order valence-electron chi connectivity index (χ2n) is 10.5. The second-order valence-corrected chi connectivity index (χ2v) is 10.5. The van der Waals surface area contributed by atoms with Crippen LogP contribution in [0.3, 0.4) is 0 Å². The Morgan fingerprint density at radius 2 is 1.55 bits per heavy atom. The summed E-state index contributed by atoms with van der Waals surface area (Å²) in [6.45, 7) is 9.25. The van der Waals surface area contributed by atoms with Gasteiger partial charge in [0.1, 0.15) is 0 Å². The molecule has 3 heteroatoms. The van der Waals surface area contributed by atoms with Gasteiger partial charge in [-0.15, -0.1) is 0 Å². The summed E-state index contributed by atoms with van der Waals surface area (Å²) in [4.78, 5) is 10.9. The lowest BCUT2D eigenvalue weighted by molar-refractivity contribution is -0.137. The first-order chi connectivity index (χ1) is 13.9.